The first-order valence-electron chi connectivity index (χ1n) is 10.4. The zero-order chi connectivity index (χ0) is 24.0. The van der Waals surface area contributed by atoms with Crippen molar-refractivity contribution in [1.29, 1.82) is 0 Å². The molecule has 0 saturated heterocycles. The highest BCUT2D eigenvalue weighted by molar-refractivity contribution is 5.94. The van der Waals surface area contributed by atoms with Gasteiger partial charge < -0.3 is 19.8 Å². The van der Waals surface area contributed by atoms with Gasteiger partial charge in [-0.1, -0.05) is 44.2 Å². The van der Waals surface area contributed by atoms with E-state index >= 15 is 0 Å². The van der Waals surface area contributed by atoms with Crippen molar-refractivity contribution in [1.82, 2.24) is 15.3 Å². The van der Waals surface area contributed by atoms with Gasteiger partial charge >= 0.3 is 11.9 Å². The minimum absolute atomic E-state index is 0.112. The van der Waals surface area contributed by atoms with Crippen LogP contribution >= 0.6 is 0 Å². The Morgan fingerprint density at radius 3 is 2.48 bits per heavy atom. The van der Waals surface area contributed by atoms with Crippen molar-refractivity contribution in [2.24, 2.45) is 5.92 Å². The molecule has 0 spiro atoms. The maximum atomic E-state index is 12.7. The van der Waals surface area contributed by atoms with Crippen LogP contribution in [-0.4, -0.2) is 41.0 Å². The Hall–Kier alpha value is -4.01. The number of rotatable bonds is 8. The summed E-state index contributed by atoms with van der Waals surface area (Å²) < 4.78 is 10.0. The second-order valence-electron chi connectivity index (χ2n) is 7.80. The van der Waals surface area contributed by atoms with Gasteiger partial charge in [0.25, 0.3) is 5.56 Å². The summed E-state index contributed by atoms with van der Waals surface area (Å²) in [5.41, 5.74) is 0.908. The van der Waals surface area contributed by atoms with Crippen molar-refractivity contribution >= 4 is 28.7 Å². The van der Waals surface area contributed by atoms with Crippen LogP contribution in [0.15, 0.2) is 53.3 Å². The molecule has 9 heteroatoms. The molecule has 3 aromatic rings. The number of aromatic amines is 1. The summed E-state index contributed by atoms with van der Waals surface area (Å²) in [4.78, 5) is 56.0. The fourth-order valence-corrected chi connectivity index (χ4v) is 3.23. The maximum Gasteiger partial charge on any atom is 0.337 e. The van der Waals surface area contributed by atoms with E-state index in [4.69, 9.17) is 4.74 Å². The Morgan fingerprint density at radius 1 is 1.09 bits per heavy atom. The Morgan fingerprint density at radius 2 is 1.82 bits per heavy atom. The number of carbonyl (C=O) groups is 3. The topological polar surface area (TPSA) is 127 Å². The summed E-state index contributed by atoms with van der Waals surface area (Å²) >= 11 is 0. The van der Waals surface area contributed by atoms with Gasteiger partial charge in [0.1, 0.15) is 18.5 Å². The van der Waals surface area contributed by atoms with Crippen molar-refractivity contribution < 1.29 is 23.9 Å². The lowest BCUT2D eigenvalue weighted by molar-refractivity contribution is -0.150. The first kappa shape index (κ1) is 23.6. The van der Waals surface area contributed by atoms with Gasteiger partial charge in [0.2, 0.25) is 5.91 Å². The van der Waals surface area contributed by atoms with Gasteiger partial charge in [0, 0.05) is 0 Å². The number of aromatic nitrogens is 2. The van der Waals surface area contributed by atoms with Crippen LogP contribution in [0.2, 0.25) is 0 Å². The zero-order valence-electron chi connectivity index (χ0n) is 18.6. The summed E-state index contributed by atoms with van der Waals surface area (Å²) in [5.74, 6) is -1.61. The molecule has 1 unspecified atom stereocenters. The Bertz CT molecular complexity index is 1220. The van der Waals surface area contributed by atoms with Crippen molar-refractivity contribution in [3.05, 3.63) is 75.8 Å². The lowest BCUT2D eigenvalue weighted by atomic mass is 10.0. The third kappa shape index (κ3) is 6.03. The number of hydrogen-bond donors (Lipinski definition) is 2. The molecule has 1 heterocycles. The van der Waals surface area contributed by atoms with Gasteiger partial charge in [-0.2, -0.15) is 0 Å². The lowest BCUT2D eigenvalue weighted by Gasteiger charge is -2.20. The van der Waals surface area contributed by atoms with E-state index in [1.165, 1.54) is 25.3 Å². The molecule has 1 amide bonds. The van der Waals surface area contributed by atoms with Crippen molar-refractivity contribution in [3.8, 4) is 0 Å². The van der Waals surface area contributed by atoms with Gasteiger partial charge in [-0.05, 0) is 29.7 Å². The van der Waals surface area contributed by atoms with Crippen LogP contribution in [0.4, 0.5) is 0 Å². The number of nitrogens with zero attached hydrogens (tertiary/aromatic N) is 1. The molecule has 3 rings (SSSR count). The number of H-pyrrole nitrogens is 1. The van der Waals surface area contributed by atoms with Gasteiger partial charge in [-0.3, -0.25) is 9.59 Å². The Kier molecular flexibility index (Phi) is 7.55. The van der Waals surface area contributed by atoms with E-state index in [0.717, 1.165) is 5.56 Å². The summed E-state index contributed by atoms with van der Waals surface area (Å²) in [5, 5.41) is 2.99. The molecule has 0 aliphatic heterocycles. The zero-order valence-corrected chi connectivity index (χ0v) is 18.6. The number of fused-ring (bicyclic) bond motifs is 1. The summed E-state index contributed by atoms with van der Waals surface area (Å²) in [6, 6.07) is 12.7. The van der Waals surface area contributed by atoms with Gasteiger partial charge in [-0.15, -0.1) is 0 Å². The van der Waals surface area contributed by atoms with E-state index in [-0.39, 0.29) is 47.1 Å². The third-order valence-electron chi connectivity index (χ3n) is 4.97. The molecule has 0 bridgehead atoms. The molecule has 9 nitrogen and oxygen atoms in total. The number of methoxy groups -OCH3 is 1. The SMILES string of the molecule is COC(=O)c1ccc2c(=O)[nH]c(COC(=O)C(NC(=O)Cc3ccccc3)C(C)C)nc2c1. The van der Waals surface area contributed by atoms with Crippen molar-refractivity contribution in [3.63, 3.8) is 0 Å². The maximum absolute atomic E-state index is 12.7. The average molecular weight is 451 g/mol. The van der Waals surface area contributed by atoms with Crippen LogP contribution in [0, 0.1) is 5.92 Å². The average Bonchev–Trinajstić information content (AvgIpc) is 2.80. The molecule has 172 valence electrons. The molecule has 1 atom stereocenters. The highest BCUT2D eigenvalue weighted by Gasteiger charge is 2.26. The fraction of sp³-hybridized carbons (Fsp3) is 0.292. The second kappa shape index (κ2) is 10.5. The van der Waals surface area contributed by atoms with E-state index in [1.807, 2.05) is 30.3 Å². The van der Waals surface area contributed by atoms with E-state index in [2.05, 4.69) is 20.0 Å². The van der Waals surface area contributed by atoms with E-state index in [9.17, 15) is 19.2 Å². The molecule has 0 fully saturated rings. The first-order chi connectivity index (χ1) is 15.8. The van der Waals surface area contributed by atoms with Crippen LogP contribution < -0.4 is 10.9 Å². The van der Waals surface area contributed by atoms with Crippen LogP contribution in [0.5, 0.6) is 0 Å². The molecule has 33 heavy (non-hydrogen) atoms. The van der Waals surface area contributed by atoms with Crippen LogP contribution in [0.1, 0.15) is 35.6 Å². The van der Waals surface area contributed by atoms with Crippen LogP contribution in [0.25, 0.3) is 10.9 Å². The number of benzene rings is 2. The standard InChI is InChI=1S/C24H25N3O6/c1-14(2)21(27-20(28)11-15-7-5-4-6-8-15)24(31)33-13-19-25-18-12-16(23(30)32-3)9-10-17(18)22(29)26-19/h4-10,12,14,21H,11,13H2,1-3H3,(H,27,28)(H,25,26,29). The molecular weight excluding hydrogens is 426 g/mol. The number of nitrogens with one attached hydrogen (secondary N) is 2. The van der Waals surface area contributed by atoms with Gasteiger partial charge in [-0.25, -0.2) is 14.6 Å². The van der Waals surface area contributed by atoms with Crippen LogP contribution in [0.3, 0.4) is 0 Å². The molecule has 2 N–H and O–H groups in total. The van der Waals surface area contributed by atoms with Crippen LogP contribution in [-0.2, 0) is 32.1 Å². The monoisotopic (exact) mass is 451 g/mol. The van der Waals surface area contributed by atoms with Crippen molar-refractivity contribution in [2.45, 2.75) is 32.9 Å². The molecule has 0 radical (unpaired) electrons. The third-order valence-corrected chi connectivity index (χ3v) is 4.97. The largest absolute Gasteiger partial charge is 0.465 e. The quantitative estimate of drug-likeness (QED) is 0.502. The predicted octanol–water partition coefficient (Wildman–Crippen LogP) is 2.14. The molecule has 0 aliphatic rings. The lowest BCUT2D eigenvalue weighted by Crippen LogP contribution is -2.45. The smallest absolute Gasteiger partial charge is 0.337 e. The first-order valence-corrected chi connectivity index (χ1v) is 10.4. The highest BCUT2D eigenvalue weighted by atomic mass is 16.5. The number of amides is 1. The Balaban J connectivity index is 1.69. The predicted molar refractivity (Wildman–Crippen MR) is 120 cm³/mol. The second-order valence-corrected chi connectivity index (χ2v) is 7.80. The van der Waals surface area contributed by atoms with E-state index < -0.39 is 23.5 Å². The molecule has 0 saturated carbocycles. The molecule has 2 aromatic carbocycles. The fourth-order valence-electron chi connectivity index (χ4n) is 3.23. The molecule has 0 aliphatic carbocycles. The minimum Gasteiger partial charge on any atom is -0.465 e. The van der Waals surface area contributed by atoms with E-state index in [1.54, 1.807) is 13.8 Å². The Labute approximate surface area is 190 Å². The number of carbonyl (C=O) groups excluding carboxylic acids is 3. The van der Waals surface area contributed by atoms with Gasteiger partial charge in [0.05, 0.1) is 30.0 Å². The normalized spacial score (nSPS) is 11.8. The summed E-state index contributed by atoms with van der Waals surface area (Å²) in [6.07, 6.45) is 0.138. The van der Waals surface area contributed by atoms with Crippen molar-refractivity contribution in [2.75, 3.05) is 7.11 Å². The number of ether oxygens (including phenoxy) is 2. The molecular formula is C24H25N3O6. The minimum atomic E-state index is -0.862. The van der Waals surface area contributed by atoms with Gasteiger partial charge in [0.15, 0.2) is 0 Å². The summed E-state index contributed by atoms with van der Waals surface area (Å²) in [6.45, 7) is 3.28. The number of esters is 2. The highest BCUT2D eigenvalue weighted by Crippen LogP contribution is 2.13. The molecule has 1 aromatic heterocycles. The summed E-state index contributed by atoms with van der Waals surface area (Å²) in [7, 11) is 1.26. The number of hydrogen-bond acceptors (Lipinski definition) is 7. The van der Waals surface area contributed by atoms with E-state index in [0.29, 0.717) is 0 Å².